The summed E-state index contributed by atoms with van der Waals surface area (Å²) in [5.74, 6) is -0.186. The molecule has 0 spiro atoms. The van der Waals surface area contributed by atoms with Gasteiger partial charge in [-0.25, -0.2) is 4.57 Å². The molecule has 0 bridgehead atoms. The number of hydrogen-bond donors (Lipinski definition) is 2. The van der Waals surface area contributed by atoms with E-state index in [0.717, 1.165) is 70.1 Å². The van der Waals surface area contributed by atoms with Crippen molar-refractivity contribution in [3.05, 3.63) is 12.2 Å². The Bertz CT molecular complexity index is 795. The van der Waals surface area contributed by atoms with Crippen molar-refractivity contribution in [2.45, 2.75) is 167 Å². The molecule has 1 aliphatic heterocycles. The SMILES string of the molecule is CCCCC/C=C\CC1OC1CCCCCCCC(=O)OC[C@H](COP(=O)(O)O)OC(=O)CCCCCCCCC(C)C. The first-order chi connectivity index (χ1) is 20.6. The number of carbonyl (C=O) groups is 2. The highest BCUT2D eigenvalue weighted by Crippen LogP contribution is 2.36. The predicted octanol–water partition coefficient (Wildman–Crippen LogP) is 8.35. The number of hydrogen-bond acceptors (Lipinski definition) is 7. The van der Waals surface area contributed by atoms with Gasteiger partial charge in [0.05, 0.1) is 18.8 Å². The first-order valence-electron chi connectivity index (χ1n) is 17.0. The largest absolute Gasteiger partial charge is 0.469 e. The molecule has 1 fully saturated rings. The molecule has 1 heterocycles. The maximum Gasteiger partial charge on any atom is 0.469 e. The van der Waals surface area contributed by atoms with E-state index in [1.807, 2.05) is 0 Å². The normalized spacial score (nSPS) is 17.4. The topological polar surface area (TPSA) is 132 Å². The Morgan fingerprint density at radius 1 is 0.791 bits per heavy atom. The molecule has 0 aromatic rings. The molecule has 0 amide bonds. The summed E-state index contributed by atoms with van der Waals surface area (Å²) in [7, 11) is -4.75. The van der Waals surface area contributed by atoms with Crippen LogP contribution in [0.5, 0.6) is 0 Å². The Hall–Kier alpha value is -1.25. The van der Waals surface area contributed by atoms with Gasteiger partial charge in [0.2, 0.25) is 0 Å². The van der Waals surface area contributed by atoms with E-state index in [1.54, 1.807) is 0 Å². The van der Waals surface area contributed by atoms with E-state index in [1.165, 1.54) is 38.5 Å². The van der Waals surface area contributed by atoms with Crippen molar-refractivity contribution in [1.29, 1.82) is 0 Å². The first-order valence-corrected chi connectivity index (χ1v) is 18.5. The van der Waals surface area contributed by atoms with Crippen LogP contribution in [0, 0.1) is 5.92 Å². The molecule has 1 aliphatic rings. The molecule has 0 saturated carbocycles. The Balaban J connectivity index is 2.12. The molecule has 1 saturated heterocycles. The Kier molecular flexibility index (Phi) is 23.1. The minimum Gasteiger partial charge on any atom is -0.462 e. The van der Waals surface area contributed by atoms with Gasteiger partial charge >= 0.3 is 19.8 Å². The minimum absolute atomic E-state index is 0.204. The third-order valence-corrected chi connectivity index (χ3v) is 8.12. The zero-order valence-corrected chi connectivity index (χ0v) is 28.1. The van der Waals surface area contributed by atoms with Crippen LogP contribution in [0.3, 0.4) is 0 Å². The maximum atomic E-state index is 12.3. The highest BCUT2D eigenvalue weighted by molar-refractivity contribution is 7.46. The molecule has 2 unspecified atom stereocenters. The smallest absolute Gasteiger partial charge is 0.462 e. The molecule has 252 valence electrons. The lowest BCUT2D eigenvalue weighted by molar-refractivity contribution is -0.161. The van der Waals surface area contributed by atoms with Gasteiger partial charge in [0.1, 0.15) is 6.61 Å². The molecule has 9 nitrogen and oxygen atoms in total. The van der Waals surface area contributed by atoms with Crippen LogP contribution in [0.2, 0.25) is 0 Å². The van der Waals surface area contributed by atoms with Gasteiger partial charge in [-0.2, -0.15) is 0 Å². The third kappa shape index (κ3) is 25.7. The second-order valence-electron chi connectivity index (χ2n) is 12.4. The fraction of sp³-hybridized carbons (Fsp3) is 0.879. The molecule has 2 N–H and O–H groups in total. The lowest BCUT2D eigenvalue weighted by Gasteiger charge is -2.18. The average Bonchev–Trinajstić information content (AvgIpc) is 3.70. The number of unbranched alkanes of at least 4 members (excludes halogenated alkanes) is 12. The van der Waals surface area contributed by atoms with Crippen LogP contribution >= 0.6 is 7.82 Å². The van der Waals surface area contributed by atoms with Crippen molar-refractivity contribution in [3.63, 3.8) is 0 Å². The van der Waals surface area contributed by atoms with E-state index in [4.69, 9.17) is 24.0 Å². The molecule has 0 aromatic heterocycles. The van der Waals surface area contributed by atoms with Crippen LogP contribution in [-0.4, -0.2) is 53.3 Å². The summed E-state index contributed by atoms with van der Waals surface area (Å²) in [6.45, 7) is 5.83. The van der Waals surface area contributed by atoms with Crippen LogP contribution in [0.15, 0.2) is 12.2 Å². The number of epoxide rings is 1. The molecular weight excluding hydrogens is 571 g/mol. The lowest BCUT2D eigenvalue weighted by atomic mass is 10.0. The summed E-state index contributed by atoms with van der Waals surface area (Å²) in [5.41, 5.74) is 0. The second kappa shape index (κ2) is 25.0. The number of phosphoric acid groups is 1. The third-order valence-electron chi connectivity index (χ3n) is 7.64. The number of phosphoric ester groups is 1. The van der Waals surface area contributed by atoms with Gasteiger partial charge < -0.3 is 24.0 Å². The van der Waals surface area contributed by atoms with Crippen molar-refractivity contribution in [2.75, 3.05) is 13.2 Å². The zero-order chi connectivity index (χ0) is 31.8. The molecule has 0 radical (unpaired) electrons. The van der Waals surface area contributed by atoms with E-state index >= 15 is 0 Å². The van der Waals surface area contributed by atoms with Crippen LogP contribution < -0.4 is 0 Å². The van der Waals surface area contributed by atoms with Crippen LogP contribution in [0.4, 0.5) is 0 Å². The molecule has 0 aromatic carbocycles. The van der Waals surface area contributed by atoms with Gasteiger partial charge in [0, 0.05) is 12.8 Å². The highest BCUT2D eigenvalue weighted by Gasteiger charge is 2.36. The maximum absolute atomic E-state index is 12.3. The predicted molar refractivity (Wildman–Crippen MR) is 169 cm³/mol. The van der Waals surface area contributed by atoms with E-state index in [0.29, 0.717) is 25.0 Å². The van der Waals surface area contributed by atoms with Crippen molar-refractivity contribution in [1.82, 2.24) is 0 Å². The molecule has 10 heteroatoms. The summed E-state index contributed by atoms with van der Waals surface area (Å²) >= 11 is 0. The van der Waals surface area contributed by atoms with Gasteiger partial charge in [0.25, 0.3) is 0 Å². The van der Waals surface area contributed by atoms with Crippen molar-refractivity contribution in [3.8, 4) is 0 Å². The molecule has 1 rings (SSSR count). The fourth-order valence-corrected chi connectivity index (χ4v) is 5.33. The number of ether oxygens (including phenoxy) is 3. The number of carbonyl (C=O) groups excluding carboxylic acids is 2. The van der Waals surface area contributed by atoms with Crippen LogP contribution in [-0.2, 0) is 32.9 Å². The summed E-state index contributed by atoms with van der Waals surface area (Å²) in [5, 5.41) is 0. The standard InChI is InChI=1S/C33H61O9P/c1-4-5-6-7-12-17-22-30-31(42-30)23-18-13-10-15-19-24-32(34)39-26-29(27-40-43(36,37)38)41-33(35)25-20-14-9-8-11-16-21-28(2)3/h12,17,28-31H,4-11,13-16,18-27H2,1-3H3,(H2,36,37,38)/b17-12-/t29-,30?,31?/m1/s1. The van der Waals surface area contributed by atoms with Gasteiger partial charge in [0.15, 0.2) is 6.10 Å². The van der Waals surface area contributed by atoms with Gasteiger partial charge in [-0.05, 0) is 44.4 Å². The number of allylic oxidation sites excluding steroid dienone is 1. The van der Waals surface area contributed by atoms with Gasteiger partial charge in [-0.15, -0.1) is 0 Å². The van der Waals surface area contributed by atoms with E-state index in [2.05, 4.69) is 37.4 Å². The number of esters is 2. The van der Waals surface area contributed by atoms with Crippen molar-refractivity contribution >= 4 is 19.8 Å². The average molecular weight is 633 g/mol. The Morgan fingerprint density at radius 3 is 2.07 bits per heavy atom. The first kappa shape index (κ1) is 39.8. The van der Waals surface area contributed by atoms with Crippen molar-refractivity contribution in [2.24, 2.45) is 5.92 Å². The van der Waals surface area contributed by atoms with Crippen LogP contribution in [0.1, 0.15) is 149 Å². The van der Waals surface area contributed by atoms with E-state index in [-0.39, 0.29) is 19.4 Å². The van der Waals surface area contributed by atoms with E-state index in [9.17, 15) is 14.2 Å². The Morgan fingerprint density at radius 2 is 1.42 bits per heavy atom. The van der Waals surface area contributed by atoms with Gasteiger partial charge in [-0.3, -0.25) is 14.1 Å². The quantitative estimate of drug-likeness (QED) is 0.0274. The van der Waals surface area contributed by atoms with Crippen molar-refractivity contribution < 1.29 is 42.7 Å². The molecular formula is C33H61O9P. The monoisotopic (exact) mass is 632 g/mol. The minimum atomic E-state index is -4.75. The Labute approximate surface area is 261 Å². The van der Waals surface area contributed by atoms with Gasteiger partial charge in [-0.1, -0.05) is 110 Å². The molecule has 0 aliphatic carbocycles. The zero-order valence-electron chi connectivity index (χ0n) is 27.2. The lowest BCUT2D eigenvalue weighted by Crippen LogP contribution is -2.29. The second-order valence-corrected chi connectivity index (χ2v) is 13.6. The highest BCUT2D eigenvalue weighted by atomic mass is 31.2. The summed E-state index contributed by atoms with van der Waals surface area (Å²) in [6, 6.07) is 0. The summed E-state index contributed by atoms with van der Waals surface area (Å²) in [6.07, 6.45) is 24.1. The summed E-state index contributed by atoms with van der Waals surface area (Å²) in [4.78, 5) is 42.5. The fourth-order valence-electron chi connectivity index (χ4n) is 4.97. The number of rotatable bonds is 29. The van der Waals surface area contributed by atoms with Crippen LogP contribution in [0.25, 0.3) is 0 Å². The summed E-state index contributed by atoms with van der Waals surface area (Å²) < 4.78 is 31.9. The molecule has 43 heavy (non-hydrogen) atoms. The molecule has 3 atom stereocenters. The van der Waals surface area contributed by atoms with E-state index < -0.39 is 32.5 Å².